The first-order valence-corrected chi connectivity index (χ1v) is 7.45. The number of likely N-dealkylation sites (tertiary alicyclic amines) is 1. The van der Waals surface area contributed by atoms with Crippen LogP contribution in [0.1, 0.15) is 24.8 Å². The number of carbonyl (C=O) groups excluding carboxylic acids is 1. The Bertz CT molecular complexity index is 462. The van der Waals surface area contributed by atoms with Gasteiger partial charge in [-0.2, -0.15) is 0 Å². The van der Waals surface area contributed by atoms with Gasteiger partial charge in [-0.05, 0) is 50.7 Å². The van der Waals surface area contributed by atoms with E-state index < -0.39 is 0 Å². The lowest BCUT2D eigenvalue weighted by atomic mass is 9.70. The largest absolute Gasteiger partial charge is 0.349 e. The zero-order chi connectivity index (χ0) is 14.8. The second-order valence-corrected chi connectivity index (χ2v) is 6.49. The lowest BCUT2D eigenvalue weighted by molar-refractivity contribution is -0.130. The van der Waals surface area contributed by atoms with Crippen LogP contribution in [0.5, 0.6) is 0 Å². The molecule has 2 rings (SSSR count). The third kappa shape index (κ3) is 3.33. The lowest BCUT2D eigenvalue weighted by Gasteiger charge is -2.41. The van der Waals surface area contributed by atoms with Crippen molar-refractivity contribution in [3.8, 4) is 0 Å². The maximum atomic E-state index is 12.2. The number of halogens is 1. The fourth-order valence-corrected chi connectivity index (χ4v) is 2.99. The predicted octanol–water partition coefficient (Wildman–Crippen LogP) is 2.78. The number of rotatable bonds is 3. The highest BCUT2D eigenvalue weighted by Gasteiger charge is 2.37. The summed E-state index contributed by atoms with van der Waals surface area (Å²) < 4.78 is 0. The van der Waals surface area contributed by atoms with Crippen LogP contribution in [0.2, 0.25) is 5.02 Å². The average molecular weight is 295 g/mol. The zero-order valence-corrected chi connectivity index (χ0v) is 13.3. The van der Waals surface area contributed by atoms with Crippen LogP contribution in [0.4, 0.5) is 0 Å². The summed E-state index contributed by atoms with van der Waals surface area (Å²) in [6.07, 6.45) is 2.62. The van der Waals surface area contributed by atoms with Crippen LogP contribution < -0.4 is 0 Å². The van der Waals surface area contributed by atoms with Gasteiger partial charge in [0.25, 0.3) is 0 Å². The van der Waals surface area contributed by atoms with E-state index in [2.05, 4.69) is 24.1 Å². The van der Waals surface area contributed by atoms with Crippen LogP contribution in [0.25, 0.3) is 0 Å². The molecule has 0 N–H and O–H groups in total. The first-order chi connectivity index (χ1) is 9.43. The predicted molar refractivity (Wildman–Crippen MR) is 83.2 cm³/mol. The molecule has 1 aliphatic rings. The van der Waals surface area contributed by atoms with Crippen LogP contribution in [-0.2, 0) is 10.2 Å². The van der Waals surface area contributed by atoms with Crippen molar-refractivity contribution >= 4 is 17.5 Å². The molecule has 3 nitrogen and oxygen atoms in total. The van der Waals surface area contributed by atoms with Crippen LogP contribution in [0.15, 0.2) is 24.3 Å². The molecule has 1 heterocycles. The van der Waals surface area contributed by atoms with Crippen molar-refractivity contribution in [1.29, 1.82) is 0 Å². The van der Waals surface area contributed by atoms with Crippen LogP contribution in [-0.4, -0.2) is 49.9 Å². The molecule has 0 unspecified atom stereocenters. The normalized spacial score (nSPS) is 18.8. The van der Waals surface area contributed by atoms with Crippen LogP contribution >= 0.6 is 11.6 Å². The Morgan fingerprint density at radius 2 is 1.80 bits per heavy atom. The van der Waals surface area contributed by atoms with Gasteiger partial charge in [0.2, 0.25) is 5.91 Å². The molecule has 110 valence electrons. The van der Waals surface area contributed by atoms with Gasteiger partial charge >= 0.3 is 0 Å². The average Bonchev–Trinajstić information content (AvgIpc) is 2.42. The van der Waals surface area contributed by atoms with E-state index in [0.29, 0.717) is 6.42 Å². The third-order valence-corrected chi connectivity index (χ3v) is 4.64. The van der Waals surface area contributed by atoms with Crippen molar-refractivity contribution in [2.45, 2.75) is 24.7 Å². The van der Waals surface area contributed by atoms with E-state index in [9.17, 15) is 4.79 Å². The number of hydrogen-bond donors (Lipinski definition) is 0. The SMILES string of the molecule is CN1CCC(CC(=O)N(C)C)(c2ccc(Cl)cc2)CC1. The number of amides is 1. The Morgan fingerprint density at radius 3 is 2.30 bits per heavy atom. The van der Waals surface area contributed by atoms with Crippen molar-refractivity contribution < 1.29 is 4.79 Å². The monoisotopic (exact) mass is 294 g/mol. The molecule has 4 heteroatoms. The first-order valence-electron chi connectivity index (χ1n) is 7.08. The molecule has 20 heavy (non-hydrogen) atoms. The zero-order valence-electron chi connectivity index (χ0n) is 12.5. The molecule has 1 aromatic carbocycles. The van der Waals surface area contributed by atoms with Gasteiger partial charge in [0.1, 0.15) is 0 Å². The van der Waals surface area contributed by atoms with Crippen molar-refractivity contribution in [3.05, 3.63) is 34.9 Å². The summed E-state index contributed by atoms with van der Waals surface area (Å²) in [7, 11) is 5.79. The molecule has 1 saturated heterocycles. The smallest absolute Gasteiger partial charge is 0.222 e. The summed E-state index contributed by atoms with van der Waals surface area (Å²) in [5.41, 5.74) is 1.20. The number of benzene rings is 1. The maximum Gasteiger partial charge on any atom is 0.222 e. The fraction of sp³-hybridized carbons (Fsp3) is 0.562. The number of hydrogen-bond acceptors (Lipinski definition) is 2. The highest BCUT2D eigenvalue weighted by molar-refractivity contribution is 6.30. The van der Waals surface area contributed by atoms with E-state index in [1.807, 2.05) is 26.2 Å². The number of piperidine rings is 1. The molecule has 0 saturated carbocycles. The molecule has 1 aromatic rings. The van der Waals surface area contributed by atoms with E-state index in [1.165, 1.54) is 5.56 Å². The van der Waals surface area contributed by atoms with Gasteiger partial charge in [-0.15, -0.1) is 0 Å². The van der Waals surface area contributed by atoms with Crippen molar-refractivity contribution in [2.75, 3.05) is 34.2 Å². The molecule has 0 aliphatic carbocycles. The van der Waals surface area contributed by atoms with Gasteiger partial charge in [-0.1, -0.05) is 23.7 Å². The second-order valence-electron chi connectivity index (χ2n) is 6.06. The molecular weight excluding hydrogens is 272 g/mol. The summed E-state index contributed by atoms with van der Waals surface area (Å²) in [6, 6.07) is 8.02. The molecule has 1 fully saturated rings. The van der Waals surface area contributed by atoms with Gasteiger partial charge in [-0.3, -0.25) is 4.79 Å². The number of nitrogens with zero attached hydrogens (tertiary/aromatic N) is 2. The Labute approximate surface area is 126 Å². The van der Waals surface area contributed by atoms with E-state index in [-0.39, 0.29) is 11.3 Å². The molecule has 1 aliphatic heterocycles. The van der Waals surface area contributed by atoms with E-state index in [4.69, 9.17) is 11.6 Å². The van der Waals surface area contributed by atoms with Gasteiger partial charge in [0.05, 0.1) is 0 Å². The second kappa shape index (κ2) is 6.15. The molecular formula is C16H23ClN2O. The minimum absolute atomic E-state index is 0.0432. The standard InChI is InChI=1S/C16H23ClN2O/c1-18(2)15(20)12-16(8-10-19(3)11-9-16)13-4-6-14(17)7-5-13/h4-7H,8-12H2,1-3H3. The summed E-state index contributed by atoms with van der Waals surface area (Å²) >= 11 is 5.99. The summed E-state index contributed by atoms with van der Waals surface area (Å²) in [6.45, 7) is 2.06. The van der Waals surface area contributed by atoms with Gasteiger partial charge in [0, 0.05) is 31.0 Å². The summed E-state index contributed by atoms with van der Waals surface area (Å²) in [4.78, 5) is 16.2. The first kappa shape index (κ1) is 15.3. The minimum Gasteiger partial charge on any atom is -0.349 e. The molecule has 0 aromatic heterocycles. The van der Waals surface area contributed by atoms with Crippen molar-refractivity contribution in [1.82, 2.24) is 9.80 Å². The Kier molecular flexibility index (Phi) is 4.71. The number of carbonyl (C=O) groups is 1. The Balaban J connectivity index is 2.28. The quantitative estimate of drug-likeness (QED) is 0.856. The highest BCUT2D eigenvalue weighted by Crippen LogP contribution is 2.39. The molecule has 0 spiro atoms. The maximum absolute atomic E-state index is 12.2. The third-order valence-electron chi connectivity index (χ3n) is 4.39. The fourth-order valence-electron chi connectivity index (χ4n) is 2.87. The molecule has 1 amide bonds. The van der Waals surface area contributed by atoms with Crippen LogP contribution in [0.3, 0.4) is 0 Å². The molecule has 0 atom stereocenters. The minimum atomic E-state index is -0.0432. The van der Waals surface area contributed by atoms with E-state index >= 15 is 0 Å². The Hall–Kier alpha value is -1.06. The van der Waals surface area contributed by atoms with Gasteiger partial charge in [0.15, 0.2) is 0 Å². The summed E-state index contributed by atoms with van der Waals surface area (Å²) in [5, 5.41) is 0.746. The van der Waals surface area contributed by atoms with Crippen LogP contribution in [0, 0.1) is 0 Å². The van der Waals surface area contributed by atoms with Gasteiger partial charge < -0.3 is 9.80 Å². The lowest BCUT2D eigenvalue weighted by Crippen LogP contribution is -2.43. The van der Waals surface area contributed by atoms with Gasteiger partial charge in [-0.25, -0.2) is 0 Å². The van der Waals surface area contributed by atoms with Crippen molar-refractivity contribution in [2.24, 2.45) is 0 Å². The topological polar surface area (TPSA) is 23.6 Å². The Morgan fingerprint density at radius 1 is 1.25 bits per heavy atom. The van der Waals surface area contributed by atoms with E-state index in [1.54, 1.807) is 4.90 Å². The van der Waals surface area contributed by atoms with Crippen molar-refractivity contribution in [3.63, 3.8) is 0 Å². The molecule has 0 bridgehead atoms. The van der Waals surface area contributed by atoms with E-state index in [0.717, 1.165) is 31.0 Å². The highest BCUT2D eigenvalue weighted by atomic mass is 35.5. The summed E-state index contributed by atoms with van der Waals surface area (Å²) in [5.74, 6) is 0.199. The molecule has 0 radical (unpaired) electrons.